The third kappa shape index (κ3) is 41.9. The van der Waals surface area contributed by atoms with Gasteiger partial charge in [0, 0.05) is 13.1 Å². The monoisotopic (exact) mass is 605 g/mol. The molecule has 9 heteroatoms. The second-order valence-corrected chi connectivity index (χ2v) is 10.8. The van der Waals surface area contributed by atoms with E-state index in [0.717, 1.165) is 105 Å². The van der Waals surface area contributed by atoms with Crippen molar-refractivity contribution in [3.63, 3.8) is 0 Å². The van der Waals surface area contributed by atoms with E-state index >= 15 is 0 Å². The van der Waals surface area contributed by atoms with Gasteiger partial charge >= 0.3 is 0 Å². The van der Waals surface area contributed by atoms with E-state index in [9.17, 15) is 0 Å². The molecule has 8 N–H and O–H groups in total. The van der Waals surface area contributed by atoms with Crippen LogP contribution >= 0.6 is 12.4 Å². The van der Waals surface area contributed by atoms with Gasteiger partial charge in [-0.3, -0.25) is 0 Å². The second kappa shape index (κ2) is 41.8. The van der Waals surface area contributed by atoms with Crippen molar-refractivity contribution in [1.82, 2.24) is 42.5 Å². The molecule has 0 spiro atoms. The van der Waals surface area contributed by atoms with Gasteiger partial charge in [-0.2, -0.15) is 0 Å². The fourth-order valence-corrected chi connectivity index (χ4v) is 4.39. The predicted octanol–water partition coefficient (Wildman–Crippen LogP) is 3.40. The Kier molecular flexibility index (Phi) is 43.7. The van der Waals surface area contributed by atoms with Gasteiger partial charge in [0.25, 0.3) is 0 Å². The van der Waals surface area contributed by atoms with Crippen LogP contribution < -0.4 is 42.5 Å². The summed E-state index contributed by atoms with van der Waals surface area (Å²) in [5, 5.41) is 28.1. The first-order chi connectivity index (χ1) is 19.9. The summed E-state index contributed by atoms with van der Waals surface area (Å²) in [4.78, 5) is 0. The predicted molar refractivity (Wildman–Crippen MR) is 186 cm³/mol. The molecule has 0 bridgehead atoms. The summed E-state index contributed by atoms with van der Waals surface area (Å²) in [6, 6.07) is 0. The van der Waals surface area contributed by atoms with Crippen LogP contribution in [-0.2, 0) is 0 Å². The average Bonchev–Trinajstić information content (AvgIpc) is 2.97. The van der Waals surface area contributed by atoms with Crippen LogP contribution in [0.15, 0.2) is 12.2 Å². The molecule has 0 heterocycles. The molecule has 0 aromatic carbocycles. The van der Waals surface area contributed by atoms with Crippen LogP contribution in [0.3, 0.4) is 0 Å². The standard InChI is InChI=1S/C32H72N8.ClH/c1-3-33-19-5-7-21-35-23-9-11-25-37-27-13-15-29-39-31-17-18-32-40-30-16-14-28-38-26-12-10-24-36-22-8-6-20-34-4-2;/h17-18,33-40H,3-16,19-32H2,1-2H3;1H/b18-17+;. The van der Waals surface area contributed by atoms with Gasteiger partial charge < -0.3 is 42.5 Å². The first-order valence-electron chi connectivity index (χ1n) is 17.2. The van der Waals surface area contributed by atoms with Gasteiger partial charge in [0.1, 0.15) is 0 Å². The minimum atomic E-state index is 0. The topological polar surface area (TPSA) is 96.2 Å². The minimum absolute atomic E-state index is 0. The first-order valence-corrected chi connectivity index (χ1v) is 17.2. The van der Waals surface area contributed by atoms with Crippen LogP contribution in [-0.4, -0.2) is 105 Å². The molecule has 41 heavy (non-hydrogen) atoms. The minimum Gasteiger partial charge on any atom is -0.317 e. The van der Waals surface area contributed by atoms with Gasteiger partial charge in [-0.15, -0.1) is 12.4 Å². The Labute approximate surface area is 262 Å². The summed E-state index contributed by atoms with van der Waals surface area (Å²) in [5.41, 5.74) is 0. The summed E-state index contributed by atoms with van der Waals surface area (Å²) in [7, 11) is 0. The van der Waals surface area contributed by atoms with Crippen molar-refractivity contribution < 1.29 is 0 Å². The van der Waals surface area contributed by atoms with Crippen molar-refractivity contribution in [2.75, 3.05) is 105 Å². The number of halogens is 1. The second-order valence-electron chi connectivity index (χ2n) is 10.8. The lowest BCUT2D eigenvalue weighted by Crippen LogP contribution is -2.22. The lowest BCUT2D eigenvalue weighted by molar-refractivity contribution is 0.545. The molecule has 0 aliphatic rings. The van der Waals surface area contributed by atoms with Crippen LogP contribution in [0.5, 0.6) is 0 Å². The molecular weight excluding hydrogens is 532 g/mol. The zero-order valence-electron chi connectivity index (χ0n) is 27.4. The van der Waals surface area contributed by atoms with Crippen LogP contribution in [0.4, 0.5) is 0 Å². The van der Waals surface area contributed by atoms with E-state index in [4.69, 9.17) is 0 Å². The van der Waals surface area contributed by atoms with E-state index in [-0.39, 0.29) is 12.4 Å². The zero-order valence-corrected chi connectivity index (χ0v) is 28.2. The molecule has 0 aromatic heterocycles. The van der Waals surface area contributed by atoms with Crippen LogP contribution in [0.2, 0.25) is 0 Å². The van der Waals surface area contributed by atoms with Crippen LogP contribution in [0.1, 0.15) is 90.9 Å². The first kappa shape index (κ1) is 42.8. The maximum absolute atomic E-state index is 3.58. The van der Waals surface area contributed by atoms with E-state index in [1.165, 1.54) is 77.0 Å². The van der Waals surface area contributed by atoms with Gasteiger partial charge in [0.2, 0.25) is 0 Å². The van der Waals surface area contributed by atoms with Crippen molar-refractivity contribution in [2.45, 2.75) is 90.9 Å². The molecule has 8 nitrogen and oxygen atoms in total. The number of hydrogen-bond donors (Lipinski definition) is 8. The van der Waals surface area contributed by atoms with Crippen LogP contribution in [0.25, 0.3) is 0 Å². The molecule has 0 aliphatic carbocycles. The lowest BCUT2D eigenvalue weighted by atomic mass is 10.2. The zero-order chi connectivity index (χ0) is 28.9. The number of nitrogens with one attached hydrogen (secondary N) is 8. The molecule has 0 saturated carbocycles. The van der Waals surface area contributed by atoms with Crippen molar-refractivity contribution in [3.05, 3.63) is 12.2 Å². The van der Waals surface area contributed by atoms with Crippen molar-refractivity contribution in [2.24, 2.45) is 0 Å². The van der Waals surface area contributed by atoms with Gasteiger partial charge in [0.15, 0.2) is 0 Å². The Morgan fingerprint density at radius 3 is 0.707 bits per heavy atom. The molecule has 0 rings (SSSR count). The van der Waals surface area contributed by atoms with E-state index in [1.54, 1.807) is 0 Å². The SMILES string of the molecule is CCNCCCCNCCCCNCCCCNC/C=C/CNCCCCNCCCCNCCCCNCC.Cl. The van der Waals surface area contributed by atoms with Crippen LogP contribution in [0, 0.1) is 0 Å². The highest BCUT2D eigenvalue weighted by Gasteiger charge is 1.94. The van der Waals surface area contributed by atoms with E-state index in [1.807, 2.05) is 0 Å². The molecule has 0 aliphatic heterocycles. The third-order valence-electron chi connectivity index (χ3n) is 6.93. The van der Waals surface area contributed by atoms with E-state index in [2.05, 4.69) is 68.5 Å². The number of hydrogen-bond acceptors (Lipinski definition) is 8. The molecule has 0 unspecified atom stereocenters. The third-order valence-corrected chi connectivity index (χ3v) is 6.93. The molecule has 0 saturated heterocycles. The molecule has 0 aromatic rings. The summed E-state index contributed by atoms with van der Waals surface area (Å²) >= 11 is 0. The Morgan fingerprint density at radius 1 is 0.293 bits per heavy atom. The van der Waals surface area contributed by atoms with Gasteiger partial charge in [-0.05, 0) is 169 Å². The highest BCUT2D eigenvalue weighted by Crippen LogP contribution is 1.91. The van der Waals surface area contributed by atoms with E-state index in [0.29, 0.717) is 0 Å². The maximum atomic E-state index is 3.58. The summed E-state index contributed by atoms with van der Waals surface area (Å²) in [6.45, 7) is 22.2. The van der Waals surface area contributed by atoms with Crippen molar-refractivity contribution >= 4 is 12.4 Å². The normalized spacial score (nSPS) is 11.5. The highest BCUT2D eigenvalue weighted by atomic mass is 35.5. The Balaban J connectivity index is 0. The fourth-order valence-electron chi connectivity index (χ4n) is 4.39. The largest absolute Gasteiger partial charge is 0.317 e. The number of rotatable bonds is 36. The van der Waals surface area contributed by atoms with Crippen molar-refractivity contribution in [3.8, 4) is 0 Å². The molecular formula is C32H73ClN8. The van der Waals surface area contributed by atoms with Gasteiger partial charge in [-0.1, -0.05) is 26.0 Å². The fraction of sp³-hybridized carbons (Fsp3) is 0.938. The Morgan fingerprint density at radius 2 is 0.488 bits per heavy atom. The average molecular weight is 605 g/mol. The van der Waals surface area contributed by atoms with Gasteiger partial charge in [-0.25, -0.2) is 0 Å². The lowest BCUT2D eigenvalue weighted by Gasteiger charge is -2.07. The summed E-state index contributed by atoms with van der Waals surface area (Å²) < 4.78 is 0. The molecule has 0 atom stereocenters. The molecule has 0 amide bonds. The Hall–Kier alpha value is -0.290. The summed E-state index contributed by atoms with van der Waals surface area (Å²) in [6.07, 6.45) is 19.7. The quantitative estimate of drug-likeness (QED) is 0.0407. The van der Waals surface area contributed by atoms with Gasteiger partial charge in [0.05, 0.1) is 0 Å². The van der Waals surface area contributed by atoms with E-state index < -0.39 is 0 Å². The highest BCUT2D eigenvalue weighted by molar-refractivity contribution is 5.85. The maximum Gasteiger partial charge on any atom is 0.0135 e. The smallest absolute Gasteiger partial charge is 0.0135 e. The van der Waals surface area contributed by atoms with Crippen molar-refractivity contribution in [1.29, 1.82) is 0 Å². The summed E-state index contributed by atoms with van der Waals surface area (Å²) in [5.74, 6) is 0. The molecule has 248 valence electrons. The molecule has 0 radical (unpaired) electrons. The molecule has 0 fully saturated rings. The Bertz CT molecular complexity index is 431. The number of unbranched alkanes of at least 4 members (excludes halogenated alkanes) is 6.